The molecule has 3 aromatic rings. The van der Waals surface area contributed by atoms with Crippen LogP contribution in [0.1, 0.15) is 22.7 Å². The van der Waals surface area contributed by atoms with Crippen molar-refractivity contribution in [3.8, 4) is 5.75 Å². The number of halogens is 1. The largest absolute Gasteiger partial charge is 0.497 e. The number of benzene rings is 3. The van der Waals surface area contributed by atoms with Gasteiger partial charge in [-0.05, 0) is 41.0 Å². The van der Waals surface area contributed by atoms with Crippen molar-refractivity contribution in [3.63, 3.8) is 0 Å². The van der Waals surface area contributed by atoms with Gasteiger partial charge in [0.1, 0.15) is 11.6 Å². The second-order valence-corrected chi connectivity index (χ2v) is 6.40. The van der Waals surface area contributed by atoms with E-state index in [9.17, 15) is 9.18 Å². The van der Waals surface area contributed by atoms with E-state index in [1.165, 1.54) is 12.1 Å². The summed E-state index contributed by atoms with van der Waals surface area (Å²) in [6.07, 6.45) is 0. The quantitative estimate of drug-likeness (QED) is 0.626. The number of hydrogen-bond acceptors (Lipinski definition) is 3. The summed E-state index contributed by atoms with van der Waals surface area (Å²) >= 11 is 0. The Morgan fingerprint density at radius 3 is 2.39 bits per heavy atom. The number of amides is 1. The van der Waals surface area contributed by atoms with Crippen LogP contribution in [0.4, 0.5) is 4.39 Å². The predicted octanol–water partition coefficient (Wildman–Crippen LogP) is 3.83. The molecule has 144 valence electrons. The maximum atomic E-state index is 13.3. The summed E-state index contributed by atoms with van der Waals surface area (Å²) in [6.45, 7) is 0.561. The first kappa shape index (κ1) is 19.6. The highest BCUT2D eigenvalue weighted by Gasteiger charge is 2.15. The molecule has 1 amide bonds. The van der Waals surface area contributed by atoms with Crippen LogP contribution in [0.2, 0.25) is 0 Å². The van der Waals surface area contributed by atoms with Crippen LogP contribution in [0.5, 0.6) is 5.75 Å². The Bertz CT molecular complexity index is 898. The Kier molecular flexibility index (Phi) is 6.76. The number of carbonyl (C=O) groups excluding carboxylic acids is 1. The molecule has 0 bridgehead atoms. The summed E-state index contributed by atoms with van der Waals surface area (Å²) in [5.74, 6) is 0.350. The lowest BCUT2D eigenvalue weighted by Gasteiger charge is -2.20. The highest BCUT2D eigenvalue weighted by atomic mass is 19.1. The van der Waals surface area contributed by atoms with E-state index < -0.39 is 0 Å². The summed E-state index contributed by atoms with van der Waals surface area (Å²) in [5.41, 5.74) is 2.87. The zero-order valence-electron chi connectivity index (χ0n) is 15.7. The molecule has 1 unspecified atom stereocenters. The van der Waals surface area contributed by atoms with E-state index in [1.807, 2.05) is 54.6 Å². The Morgan fingerprint density at radius 1 is 0.964 bits per heavy atom. The fourth-order valence-corrected chi connectivity index (χ4v) is 2.97. The van der Waals surface area contributed by atoms with Crippen molar-refractivity contribution in [2.45, 2.75) is 12.6 Å². The lowest BCUT2D eigenvalue weighted by atomic mass is 9.98. The molecule has 1 atom stereocenters. The summed E-state index contributed by atoms with van der Waals surface area (Å²) in [6, 6.07) is 23.5. The maximum absolute atomic E-state index is 13.3. The number of ether oxygens (including phenoxy) is 1. The monoisotopic (exact) mass is 378 g/mol. The number of methoxy groups -OCH3 is 1. The van der Waals surface area contributed by atoms with Crippen molar-refractivity contribution in [1.82, 2.24) is 10.6 Å². The Labute approximate surface area is 164 Å². The van der Waals surface area contributed by atoms with Gasteiger partial charge in [-0.25, -0.2) is 4.39 Å². The molecule has 0 saturated carbocycles. The average Bonchev–Trinajstić information content (AvgIpc) is 2.74. The molecule has 0 aliphatic rings. The van der Waals surface area contributed by atoms with E-state index in [0.717, 1.165) is 22.4 Å². The third-order valence-electron chi connectivity index (χ3n) is 4.43. The van der Waals surface area contributed by atoms with Crippen LogP contribution in [-0.4, -0.2) is 19.6 Å². The van der Waals surface area contributed by atoms with Gasteiger partial charge in [0.25, 0.3) is 0 Å². The Balaban J connectivity index is 1.62. The first-order chi connectivity index (χ1) is 13.7. The molecule has 2 N–H and O–H groups in total. The fourth-order valence-electron chi connectivity index (χ4n) is 2.97. The van der Waals surface area contributed by atoms with Crippen LogP contribution in [0, 0.1) is 5.82 Å². The molecule has 5 heteroatoms. The van der Waals surface area contributed by atoms with E-state index in [0.29, 0.717) is 6.54 Å². The predicted molar refractivity (Wildman–Crippen MR) is 108 cm³/mol. The summed E-state index contributed by atoms with van der Waals surface area (Å²) in [5, 5.41) is 6.17. The highest BCUT2D eigenvalue weighted by molar-refractivity contribution is 5.78. The van der Waals surface area contributed by atoms with Gasteiger partial charge in [-0.15, -0.1) is 0 Å². The van der Waals surface area contributed by atoms with Gasteiger partial charge in [0, 0.05) is 6.54 Å². The van der Waals surface area contributed by atoms with Gasteiger partial charge in [-0.3, -0.25) is 10.1 Å². The molecule has 0 heterocycles. The molecule has 0 aliphatic carbocycles. The smallest absolute Gasteiger partial charge is 0.234 e. The SMILES string of the molecule is COc1cccc(CNC(=O)CNC(c2ccccc2)c2ccc(F)cc2)c1. The third-order valence-corrected chi connectivity index (χ3v) is 4.43. The number of carbonyl (C=O) groups is 1. The van der Waals surface area contributed by atoms with Crippen LogP contribution >= 0.6 is 0 Å². The standard InChI is InChI=1S/C23H23FN2O2/c1-28-21-9-5-6-17(14-21)15-25-22(27)16-26-23(18-7-3-2-4-8-18)19-10-12-20(24)13-11-19/h2-14,23,26H,15-16H2,1H3,(H,25,27). The number of rotatable bonds is 8. The Hall–Kier alpha value is -3.18. The van der Waals surface area contributed by atoms with Gasteiger partial charge in [-0.2, -0.15) is 0 Å². The average molecular weight is 378 g/mol. The van der Waals surface area contributed by atoms with E-state index in [4.69, 9.17) is 4.74 Å². The molecule has 0 saturated heterocycles. The van der Waals surface area contributed by atoms with Crippen molar-refractivity contribution in [2.75, 3.05) is 13.7 Å². The first-order valence-electron chi connectivity index (χ1n) is 9.09. The molecule has 0 aromatic heterocycles. The first-order valence-corrected chi connectivity index (χ1v) is 9.09. The molecule has 3 rings (SSSR count). The van der Waals surface area contributed by atoms with Crippen molar-refractivity contribution in [1.29, 1.82) is 0 Å². The zero-order valence-corrected chi connectivity index (χ0v) is 15.7. The fraction of sp³-hybridized carbons (Fsp3) is 0.174. The van der Waals surface area contributed by atoms with Gasteiger partial charge in [0.15, 0.2) is 0 Å². The summed E-state index contributed by atoms with van der Waals surface area (Å²) in [4.78, 5) is 12.3. The van der Waals surface area contributed by atoms with Gasteiger partial charge in [-0.1, -0.05) is 54.6 Å². The number of hydrogen-bond donors (Lipinski definition) is 2. The zero-order chi connectivity index (χ0) is 19.8. The topological polar surface area (TPSA) is 50.4 Å². The second kappa shape index (κ2) is 9.67. The minimum atomic E-state index is -0.286. The Morgan fingerprint density at radius 2 is 1.68 bits per heavy atom. The molecule has 0 fully saturated rings. The van der Waals surface area contributed by atoms with Crippen LogP contribution in [-0.2, 0) is 11.3 Å². The minimum absolute atomic E-state index is 0.120. The van der Waals surface area contributed by atoms with Gasteiger partial charge >= 0.3 is 0 Å². The number of nitrogens with one attached hydrogen (secondary N) is 2. The highest BCUT2D eigenvalue weighted by Crippen LogP contribution is 2.22. The third kappa shape index (κ3) is 5.41. The van der Waals surface area contributed by atoms with Gasteiger partial charge in [0.2, 0.25) is 5.91 Å². The molecule has 4 nitrogen and oxygen atoms in total. The van der Waals surface area contributed by atoms with E-state index in [2.05, 4.69) is 10.6 Å². The van der Waals surface area contributed by atoms with E-state index >= 15 is 0 Å². The van der Waals surface area contributed by atoms with Crippen LogP contribution in [0.15, 0.2) is 78.9 Å². The van der Waals surface area contributed by atoms with Crippen molar-refractivity contribution in [3.05, 3.63) is 101 Å². The van der Waals surface area contributed by atoms with Crippen LogP contribution < -0.4 is 15.4 Å². The van der Waals surface area contributed by atoms with E-state index in [1.54, 1.807) is 19.2 Å². The second-order valence-electron chi connectivity index (χ2n) is 6.40. The summed E-state index contributed by atoms with van der Waals surface area (Å²) in [7, 11) is 1.61. The molecule has 0 aliphatic heterocycles. The van der Waals surface area contributed by atoms with Crippen LogP contribution in [0.25, 0.3) is 0 Å². The molecule has 3 aromatic carbocycles. The molecule has 28 heavy (non-hydrogen) atoms. The lowest BCUT2D eigenvalue weighted by Crippen LogP contribution is -2.35. The van der Waals surface area contributed by atoms with Gasteiger partial charge < -0.3 is 10.1 Å². The normalized spacial score (nSPS) is 11.6. The van der Waals surface area contributed by atoms with Crippen molar-refractivity contribution in [2.24, 2.45) is 0 Å². The molecule has 0 spiro atoms. The van der Waals surface area contributed by atoms with E-state index in [-0.39, 0.29) is 24.3 Å². The summed E-state index contributed by atoms with van der Waals surface area (Å²) < 4.78 is 18.5. The molecular weight excluding hydrogens is 355 g/mol. The molecule has 0 radical (unpaired) electrons. The lowest BCUT2D eigenvalue weighted by molar-refractivity contribution is -0.120. The minimum Gasteiger partial charge on any atom is -0.497 e. The van der Waals surface area contributed by atoms with Crippen molar-refractivity contribution < 1.29 is 13.9 Å². The van der Waals surface area contributed by atoms with Gasteiger partial charge in [0.05, 0.1) is 19.7 Å². The molecular formula is C23H23FN2O2. The van der Waals surface area contributed by atoms with Crippen LogP contribution in [0.3, 0.4) is 0 Å². The van der Waals surface area contributed by atoms with Crippen molar-refractivity contribution >= 4 is 5.91 Å². The maximum Gasteiger partial charge on any atom is 0.234 e.